The predicted molar refractivity (Wildman–Crippen MR) is 124 cm³/mol. The first-order valence-corrected chi connectivity index (χ1v) is 11.8. The van der Waals surface area contributed by atoms with E-state index in [0.717, 1.165) is 31.4 Å². The number of rotatable bonds is 13. The molecule has 0 saturated heterocycles. The summed E-state index contributed by atoms with van der Waals surface area (Å²) in [5.74, 6) is 0.953. The second-order valence-electron chi connectivity index (χ2n) is 7.45. The fourth-order valence-corrected chi connectivity index (χ4v) is 4.80. The third-order valence-electron chi connectivity index (χ3n) is 5.17. The van der Waals surface area contributed by atoms with Gasteiger partial charge in [-0.05, 0) is 30.4 Å². The molecule has 0 bridgehead atoms. The largest absolute Gasteiger partial charge is 0.453 e. The monoisotopic (exact) mass is 413 g/mol. The number of methoxy groups -OCH3 is 1. The van der Waals surface area contributed by atoms with Crippen LogP contribution in [0.3, 0.4) is 0 Å². The number of thioether (sulfide) groups is 1. The van der Waals surface area contributed by atoms with E-state index in [0.29, 0.717) is 5.25 Å². The molecular formula is C25H35NO2S. The predicted octanol–water partition coefficient (Wildman–Crippen LogP) is 6.62. The van der Waals surface area contributed by atoms with Crippen LogP contribution in [0, 0.1) is 0 Å². The van der Waals surface area contributed by atoms with Gasteiger partial charge in [0.15, 0.2) is 0 Å². The molecule has 1 amide bonds. The molecule has 158 valence electrons. The maximum Gasteiger partial charge on any atom is 0.407 e. The van der Waals surface area contributed by atoms with E-state index in [1.807, 2.05) is 11.8 Å². The molecule has 0 aliphatic carbocycles. The van der Waals surface area contributed by atoms with Gasteiger partial charge >= 0.3 is 6.09 Å². The molecule has 2 rings (SSSR count). The summed E-state index contributed by atoms with van der Waals surface area (Å²) in [6, 6.07) is 21.3. The molecular weight excluding hydrogens is 378 g/mol. The Morgan fingerprint density at radius 1 is 0.931 bits per heavy atom. The van der Waals surface area contributed by atoms with Crippen LogP contribution >= 0.6 is 11.8 Å². The van der Waals surface area contributed by atoms with Crippen LogP contribution in [-0.2, 0) is 16.9 Å². The van der Waals surface area contributed by atoms with E-state index < -0.39 is 0 Å². The first-order chi connectivity index (χ1) is 14.2. The summed E-state index contributed by atoms with van der Waals surface area (Å²) in [6.45, 7) is 2.22. The van der Waals surface area contributed by atoms with E-state index in [1.165, 1.54) is 37.5 Å². The highest BCUT2D eigenvalue weighted by Crippen LogP contribution is 2.27. The number of alkyl carbamates (subject to hydrolysis) is 1. The maximum atomic E-state index is 12.0. The van der Waals surface area contributed by atoms with Gasteiger partial charge in [0.1, 0.15) is 0 Å². The Morgan fingerprint density at radius 3 is 2.21 bits per heavy atom. The molecule has 3 nitrogen and oxygen atoms in total. The van der Waals surface area contributed by atoms with Crippen LogP contribution in [0.1, 0.15) is 56.6 Å². The highest BCUT2D eigenvalue weighted by molar-refractivity contribution is 7.99. The maximum absolute atomic E-state index is 12.0. The molecule has 0 fully saturated rings. The lowest BCUT2D eigenvalue weighted by Gasteiger charge is -2.28. The third kappa shape index (κ3) is 9.40. The normalized spacial score (nSPS) is 12.9. The summed E-state index contributed by atoms with van der Waals surface area (Å²) >= 11 is 1.95. The van der Waals surface area contributed by atoms with Gasteiger partial charge in [0.05, 0.1) is 7.11 Å². The van der Waals surface area contributed by atoms with Crippen molar-refractivity contribution in [3.8, 4) is 0 Å². The molecule has 2 atom stereocenters. The van der Waals surface area contributed by atoms with Crippen molar-refractivity contribution in [3.63, 3.8) is 0 Å². The van der Waals surface area contributed by atoms with Crippen molar-refractivity contribution in [2.24, 2.45) is 0 Å². The fourth-order valence-electron chi connectivity index (χ4n) is 3.48. The first kappa shape index (κ1) is 23.3. The second-order valence-corrected chi connectivity index (χ2v) is 8.68. The molecule has 0 aliphatic heterocycles. The summed E-state index contributed by atoms with van der Waals surface area (Å²) in [4.78, 5) is 12.0. The van der Waals surface area contributed by atoms with Gasteiger partial charge in [-0.2, -0.15) is 11.8 Å². The summed E-state index contributed by atoms with van der Waals surface area (Å²) in [6.07, 6.45) is 7.53. The smallest absolute Gasteiger partial charge is 0.407 e. The zero-order chi connectivity index (χ0) is 20.7. The SMILES string of the molecule is CCCCCC[C@@H](NC(=O)OC)[C@H](CCc1ccccc1)SCc1ccccc1. The molecule has 1 N–H and O–H groups in total. The minimum absolute atomic E-state index is 0.122. The summed E-state index contributed by atoms with van der Waals surface area (Å²) in [7, 11) is 1.44. The highest BCUT2D eigenvalue weighted by Gasteiger charge is 2.24. The van der Waals surface area contributed by atoms with Gasteiger partial charge in [0.25, 0.3) is 0 Å². The van der Waals surface area contributed by atoms with Crippen molar-refractivity contribution < 1.29 is 9.53 Å². The number of aryl methyl sites for hydroxylation is 1. The average Bonchev–Trinajstić information content (AvgIpc) is 2.77. The van der Waals surface area contributed by atoms with Crippen LogP contribution in [0.25, 0.3) is 0 Å². The van der Waals surface area contributed by atoms with Gasteiger partial charge < -0.3 is 10.1 Å². The van der Waals surface area contributed by atoms with Crippen LogP contribution in [0.15, 0.2) is 60.7 Å². The van der Waals surface area contributed by atoms with E-state index in [1.54, 1.807) is 0 Å². The Kier molecular flexibility index (Phi) is 11.4. The number of nitrogens with one attached hydrogen (secondary N) is 1. The van der Waals surface area contributed by atoms with E-state index in [9.17, 15) is 4.79 Å². The number of unbranched alkanes of at least 4 members (excludes halogenated alkanes) is 3. The van der Waals surface area contributed by atoms with Gasteiger partial charge in [-0.15, -0.1) is 0 Å². The Balaban J connectivity index is 2.06. The van der Waals surface area contributed by atoms with Crippen LogP contribution < -0.4 is 5.32 Å². The van der Waals surface area contributed by atoms with E-state index in [4.69, 9.17) is 4.74 Å². The number of ether oxygens (including phenoxy) is 1. The number of amides is 1. The molecule has 0 spiro atoms. The molecule has 0 unspecified atom stereocenters. The van der Waals surface area contributed by atoms with Crippen LogP contribution in [0.2, 0.25) is 0 Å². The van der Waals surface area contributed by atoms with E-state index in [2.05, 4.69) is 72.9 Å². The number of carbonyl (C=O) groups is 1. The minimum Gasteiger partial charge on any atom is -0.453 e. The minimum atomic E-state index is -0.324. The topological polar surface area (TPSA) is 38.3 Å². The average molecular weight is 414 g/mol. The van der Waals surface area contributed by atoms with Crippen LogP contribution in [-0.4, -0.2) is 24.5 Å². The Morgan fingerprint density at radius 2 is 1.59 bits per heavy atom. The first-order valence-electron chi connectivity index (χ1n) is 10.8. The highest BCUT2D eigenvalue weighted by atomic mass is 32.2. The Hall–Kier alpha value is -1.94. The Labute approximate surface area is 180 Å². The molecule has 2 aromatic carbocycles. The van der Waals surface area contributed by atoms with Crippen LogP contribution in [0.5, 0.6) is 0 Å². The fraction of sp³-hybridized carbons (Fsp3) is 0.480. The number of benzene rings is 2. The zero-order valence-electron chi connectivity index (χ0n) is 17.8. The molecule has 29 heavy (non-hydrogen) atoms. The van der Waals surface area contributed by atoms with Crippen molar-refractivity contribution in [2.45, 2.75) is 68.9 Å². The standard InChI is InChI=1S/C25H35NO2S/c1-3-4-5-12-17-23(26-25(27)28-2)24(19-18-21-13-8-6-9-14-21)29-20-22-15-10-7-11-16-22/h6-11,13-16,23-24H,3-5,12,17-20H2,1-2H3,(H,26,27)/t23-,24+/m1/s1. The number of hydrogen-bond acceptors (Lipinski definition) is 3. The van der Waals surface area contributed by atoms with Crippen molar-refractivity contribution >= 4 is 17.9 Å². The molecule has 0 aromatic heterocycles. The lowest BCUT2D eigenvalue weighted by atomic mass is 9.99. The molecule has 2 aromatic rings. The van der Waals surface area contributed by atoms with Crippen molar-refractivity contribution in [2.75, 3.05) is 7.11 Å². The second kappa shape index (κ2) is 14.1. The molecule has 4 heteroatoms. The summed E-state index contributed by atoms with van der Waals surface area (Å²) in [5, 5.41) is 3.48. The van der Waals surface area contributed by atoms with Gasteiger partial charge in [-0.1, -0.05) is 93.3 Å². The lowest BCUT2D eigenvalue weighted by Crippen LogP contribution is -2.42. The van der Waals surface area contributed by atoms with Gasteiger partial charge in [-0.3, -0.25) is 0 Å². The lowest BCUT2D eigenvalue weighted by molar-refractivity contribution is 0.165. The molecule has 0 saturated carbocycles. The van der Waals surface area contributed by atoms with Crippen molar-refractivity contribution in [3.05, 3.63) is 71.8 Å². The third-order valence-corrected chi connectivity index (χ3v) is 6.67. The number of hydrogen-bond donors (Lipinski definition) is 1. The van der Waals surface area contributed by atoms with Gasteiger partial charge in [0.2, 0.25) is 0 Å². The molecule has 0 aliphatic rings. The van der Waals surface area contributed by atoms with Crippen molar-refractivity contribution in [1.82, 2.24) is 5.32 Å². The van der Waals surface area contributed by atoms with E-state index in [-0.39, 0.29) is 12.1 Å². The quantitative estimate of drug-likeness (QED) is 0.375. The number of carbonyl (C=O) groups excluding carboxylic acids is 1. The Bertz CT molecular complexity index is 634. The molecule has 0 radical (unpaired) electrons. The molecule has 0 heterocycles. The zero-order valence-corrected chi connectivity index (χ0v) is 18.6. The van der Waals surface area contributed by atoms with Gasteiger partial charge in [0, 0.05) is 17.0 Å². The van der Waals surface area contributed by atoms with Gasteiger partial charge in [-0.25, -0.2) is 4.79 Å². The van der Waals surface area contributed by atoms with Crippen molar-refractivity contribution in [1.29, 1.82) is 0 Å². The summed E-state index contributed by atoms with van der Waals surface area (Å²) in [5.41, 5.74) is 2.67. The summed E-state index contributed by atoms with van der Waals surface area (Å²) < 4.78 is 4.92. The van der Waals surface area contributed by atoms with E-state index >= 15 is 0 Å². The van der Waals surface area contributed by atoms with Crippen LogP contribution in [0.4, 0.5) is 4.79 Å².